The second-order valence-electron chi connectivity index (χ2n) is 4.48. The minimum absolute atomic E-state index is 0.0396. The number of nitrogens with zero attached hydrogens (tertiary/aromatic N) is 1. The van der Waals surface area contributed by atoms with Crippen molar-refractivity contribution in [2.45, 2.75) is 0 Å². The first-order chi connectivity index (χ1) is 10.7. The van der Waals surface area contributed by atoms with Crippen molar-refractivity contribution in [2.75, 3.05) is 14.2 Å². The fourth-order valence-corrected chi connectivity index (χ4v) is 2.02. The van der Waals surface area contributed by atoms with Gasteiger partial charge in [-0.3, -0.25) is 4.79 Å². The van der Waals surface area contributed by atoms with Gasteiger partial charge in [-0.25, -0.2) is 0 Å². The molecule has 2 rings (SSSR count). The topological polar surface area (TPSA) is 59.3 Å². The minimum Gasteiger partial charge on any atom is -0.497 e. The van der Waals surface area contributed by atoms with Crippen molar-refractivity contribution in [3.63, 3.8) is 0 Å². The van der Waals surface area contributed by atoms with Crippen LogP contribution in [0.1, 0.15) is 15.9 Å². The van der Waals surface area contributed by atoms with Crippen LogP contribution in [0.3, 0.4) is 0 Å². The van der Waals surface area contributed by atoms with E-state index in [2.05, 4.69) is 0 Å². The van der Waals surface area contributed by atoms with E-state index in [0.29, 0.717) is 17.1 Å². The van der Waals surface area contributed by atoms with Crippen molar-refractivity contribution in [1.82, 2.24) is 0 Å². The van der Waals surface area contributed by atoms with Crippen LogP contribution in [0.5, 0.6) is 11.5 Å². The molecule has 0 amide bonds. The zero-order valence-corrected chi connectivity index (χ0v) is 12.4. The Balaban J connectivity index is 2.41. The molecule has 0 aliphatic heterocycles. The Morgan fingerprint density at radius 1 is 1.09 bits per heavy atom. The van der Waals surface area contributed by atoms with Crippen LogP contribution in [0.2, 0.25) is 0 Å². The van der Waals surface area contributed by atoms with Gasteiger partial charge < -0.3 is 9.47 Å². The first-order valence-electron chi connectivity index (χ1n) is 6.63. The van der Waals surface area contributed by atoms with Crippen molar-refractivity contribution < 1.29 is 14.3 Å². The summed E-state index contributed by atoms with van der Waals surface area (Å²) < 4.78 is 10.3. The van der Waals surface area contributed by atoms with E-state index in [1.54, 1.807) is 55.6 Å². The second-order valence-corrected chi connectivity index (χ2v) is 4.48. The van der Waals surface area contributed by atoms with E-state index in [4.69, 9.17) is 9.47 Å². The molecule has 4 nitrogen and oxygen atoms in total. The summed E-state index contributed by atoms with van der Waals surface area (Å²) in [4.78, 5) is 12.5. The molecule has 22 heavy (non-hydrogen) atoms. The highest BCUT2D eigenvalue weighted by Crippen LogP contribution is 2.22. The lowest BCUT2D eigenvalue weighted by molar-refractivity contribution is 0.103. The monoisotopic (exact) mass is 293 g/mol. The predicted octanol–water partition coefficient (Wildman–Crippen LogP) is 3.49. The summed E-state index contributed by atoms with van der Waals surface area (Å²) in [5.41, 5.74) is 1.12. The third-order valence-corrected chi connectivity index (χ3v) is 3.12. The second kappa shape index (κ2) is 7.09. The lowest BCUT2D eigenvalue weighted by Crippen LogP contribution is -2.04. The molecule has 0 aliphatic rings. The van der Waals surface area contributed by atoms with Crippen LogP contribution in [-0.4, -0.2) is 20.0 Å². The third kappa shape index (κ3) is 3.33. The number of para-hydroxylation sites is 1. The van der Waals surface area contributed by atoms with Crippen LogP contribution in [0.4, 0.5) is 0 Å². The molecule has 2 aromatic carbocycles. The normalized spacial score (nSPS) is 10.7. The van der Waals surface area contributed by atoms with Gasteiger partial charge in [0.25, 0.3) is 0 Å². The van der Waals surface area contributed by atoms with Gasteiger partial charge in [-0.2, -0.15) is 5.26 Å². The molecule has 110 valence electrons. The molecule has 0 unspecified atom stereocenters. The van der Waals surface area contributed by atoms with E-state index in [1.807, 2.05) is 6.07 Å². The molecule has 0 aliphatic carbocycles. The zero-order valence-electron chi connectivity index (χ0n) is 12.4. The zero-order chi connectivity index (χ0) is 15.9. The van der Waals surface area contributed by atoms with Crippen molar-refractivity contribution >= 4 is 11.9 Å². The number of rotatable bonds is 5. The Kier molecular flexibility index (Phi) is 4.94. The summed E-state index contributed by atoms with van der Waals surface area (Å²) in [6.45, 7) is 0. The fourth-order valence-electron chi connectivity index (χ4n) is 2.02. The van der Waals surface area contributed by atoms with Gasteiger partial charge in [-0.1, -0.05) is 24.3 Å². The maximum atomic E-state index is 12.5. The molecule has 0 atom stereocenters. The maximum Gasteiger partial charge on any atom is 0.207 e. The first kappa shape index (κ1) is 15.3. The number of allylic oxidation sites excluding steroid dienone is 1. The summed E-state index contributed by atoms with van der Waals surface area (Å²) in [7, 11) is 3.05. The summed E-state index contributed by atoms with van der Waals surface area (Å²) >= 11 is 0. The molecule has 0 fully saturated rings. The average Bonchev–Trinajstić information content (AvgIpc) is 2.59. The Bertz CT molecular complexity index is 757. The molecule has 0 radical (unpaired) electrons. The van der Waals surface area contributed by atoms with Crippen LogP contribution in [0, 0.1) is 11.3 Å². The average molecular weight is 293 g/mol. The molecule has 0 saturated heterocycles. The van der Waals surface area contributed by atoms with Crippen molar-refractivity contribution in [1.29, 1.82) is 5.26 Å². The number of hydrogen-bond donors (Lipinski definition) is 0. The Hall–Kier alpha value is -3.06. The van der Waals surface area contributed by atoms with E-state index >= 15 is 0 Å². The van der Waals surface area contributed by atoms with Gasteiger partial charge in [-0.05, 0) is 35.9 Å². The molecule has 0 aromatic heterocycles. The Morgan fingerprint density at radius 3 is 2.55 bits per heavy atom. The Labute approximate surface area is 129 Å². The third-order valence-electron chi connectivity index (χ3n) is 3.12. The van der Waals surface area contributed by atoms with Crippen molar-refractivity contribution in [3.05, 3.63) is 65.2 Å². The highest BCUT2D eigenvalue weighted by Gasteiger charge is 2.16. The molecular weight excluding hydrogens is 278 g/mol. The van der Waals surface area contributed by atoms with E-state index in [-0.39, 0.29) is 11.4 Å². The number of carbonyl (C=O) groups excluding carboxylic acids is 1. The molecular formula is C18H15NO3. The highest BCUT2D eigenvalue weighted by atomic mass is 16.5. The van der Waals surface area contributed by atoms with E-state index in [9.17, 15) is 10.1 Å². The Morgan fingerprint density at radius 2 is 1.86 bits per heavy atom. The fraction of sp³-hybridized carbons (Fsp3) is 0.111. The lowest BCUT2D eigenvalue weighted by Gasteiger charge is -2.06. The van der Waals surface area contributed by atoms with Gasteiger partial charge >= 0.3 is 0 Å². The summed E-state index contributed by atoms with van der Waals surface area (Å²) in [6, 6.07) is 15.9. The number of nitriles is 1. The molecule has 0 heterocycles. The number of ketones is 1. The van der Waals surface area contributed by atoms with E-state index < -0.39 is 0 Å². The number of carbonyl (C=O) groups is 1. The summed E-state index contributed by atoms with van der Waals surface area (Å²) in [6.07, 6.45) is 1.54. The maximum absolute atomic E-state index is 12.5. The van der Waals surface area contributed by atoms with Gasteiger partial charge in [0.1, 0.15) is 23.1 Å². The number of methoxy groups -OCH3 is 2. The van der Waals surface area contributed by atoms with Gasteiger partial charge in [-0.15, -0.1) is 0 Å². The molecule has 2 aromatic rings. The largest absolute Gasteiger partial charge is 0.497 e. The van der Waals surface area contributed by atoms with E-state index in [0.717, 1.165) is 5.56 Å². The molecule has 0 N–H and O–H groups in total. The summed E-state index contributed by atoms with van der Waals surface area (Å²) in [5, 5.41) is 9.30. The number of benzene rings is 2. The van der Waals surface area contributed by atoms with Gasteiger partial charge in [0.05, 0.1) is 19.8 Å². The van der Waals surface area contributed by atoms with Crippen molar-refractivity contribution in [3.8, 4) is 17.6 Å². The van der Waals surface area contributed by atoms with Gasteiger partial charge in [0, 0.05) is 0 Å². The predicted molar refractivity (Wildman–Crippen MR) is 83.9 cm³/mol. The number of Topliss-reactive ketones (excluding diaryl/α,β-unsaturated/α-hetero) is 1. The van der Waals surface area contributed by atoms with Gasteiger partial charge in [0.15, 0.2) is 0 Å². The van der Waals surface area contributed by atoms with Gasteiger partial charge in [0.2, 0.25) is 5.78 Å². The van der Waals surface area contributed by atoms with Crippen LogP contribution in [0.25, 0.3) is 6.08 Å². The standard InChI is InChI=1S/C18H15NO3/c1-21-15-7-5-6-13(11-15)10-14(12-19)18(20)16-8-3-4-9-17(16)22-2/h3-11H,1-2H3/b14-10+. The number of hydrogen-bond acceptors (Lipinski definition) is 4. The SMILES string of the molecule is COc1cccc(/C=C(\C#N)C(=O)c2ccccc2OC)c1. The smallest absolute Gasteiger partial charge is 0.207 e. The number of ether oxygens (including phenoxy) is 2. The molecule has 0 bridgehead atoms. The molecule has 0 saturated carbocycles. The highest BCUT2D eigenvalue weighted by molar-refractivity contribution is 6.15. The van der Waals surface area contributed by atoms with Crippen molar-refractivity contribution in [2.24, 2.45) is 0 Å². The van der Waals surface area contributed by atoms with Crippen LogP contribution >= 0.6 is 0 Å². The van der Waals surface area contributed by atoms with Crippen LogP contribution in [-0.2, 0) is 0 Å². The quantitative estimate of drug-likeness (QED) is 0.481. The molecule has 4 heteroatoms. The van der Waals surface area contributed by atoms with Crippen LogP contribution < -0.4 is 9.47 Å². The minimum atomic E-state index is -0.372. The lowest BCUT2D eigenvalue weighted by atomic mass is 10.0. The molecule has 0 spiro atoms. The van der Waals surface area contributed by atoms with Crippen LogP contribution in [0.15, 0.2) is 54.1 Å². The first-order valence-corrected chi connectivity index (χ1v) is 6.63. The summed E-state index contributed by atoms with van der Waals surface area (Å²) in [5.74, 6) is 0.734. The van der Waals surface area contributed by atoms with E-state index in [1.165, 1.54) is 13.2 Å².